The Morgan fingerprint density at radius 2 is 1.72 bits per heavy atom. The lowest BCUT2D eigenvalue weighted by atomic mass is 10.1. The number of hydrogen-bond donors (Lipinski definition) is 1. The zero-order valence-electron chi connectivity index (χ0n) is 14.3. The van der Waals surface area contributed by atoms with Gasteiger partial charge in [-0.05, 0) is 37.0 Å². The van der Waals surface area contributed by atoms with Gasteiger partial charge in [0.2, 0.25) is 0 Å². The zero-order chi connectivity index (χ0) is 18.0. The van der Waals surface area contributed by atoms with E-state index < -0.39 is 5.97 Å². The first-order valence-electron chi connectivity index (χ1n) is 7.84. The molecule has 1 N–H and O–H groups in total. The molecule has 1 amide bonds. The van der Waals surface area contributed by atoms with Crippen molar-refractivity contribution in [3.8, 4) is 11.5 Å². The van der Waals surface area contributed by atoms with E-state index in [1.54, 1.807) is 18.2 Å². The summed E-state index contributed by atoms with van der Waals surface area (Å²) < 4.78 is 15.3. The Labute approximate surface area is 149 Å². The molecule has 1 aromatic heterocycles. The van der Waals surface area contributed by atoms with Crippen LogP contribution in [0.5, 0.6) is 11.5 Å². The van der Waals surface area contributed by atoms with E-state index in [0.29, 0.717) is 27.6 Å². The number of esters is 1. The molecule has 2 aromatic rings. The second-order valence-electron chi connectivity index (χ2n) is 5.61. The number of aryl methyl sites for hydroxylation is 1. The first-order valence-corrected chi connectivity index (χ1v) is 8.66. The van der Waals surface area contributed by atoms with Crippen LogP contribution in [-0.2, 0) is 17.6 Å². The Hall–Kier alpha value is -2.54. The quantitative estimate of drug-likeness (QED) is 0.827. The molecule has 0 aliphatic heterocycles. The van der Waals surface area contributed by atoms with Gasteiger partial charge in [-0.1, -0.05) is 0 Å². The second-order valence-corrected chi connectivity index (χ2v) is 6.71. The summed E-state index contributed by atoms with van der Waals surface area (Å²) in [6, 6.07) is 4.93. The molecule has 7 heteroatoms. The summed E-state index contributed by atoms with van der Waals surface area (Å²) in [5.41, 5.74) is 1.86. The highest BCUT2D eigenvalue weighted by molar-refractivity contribution is 7.17. The van der Waals surface area contributed by atoms with Crippen LogP contribution in [0.15, 0.2) is 18.2 Å². The molecular formula is C18H19NO5S. The topological polar surface area (TPSA) is 73.9 Å². The highest BCUT2D eigenvalue weighted by Crippen LogP contribution is 2.39. The number of anilines is 1. The molecule has 132 valence electrons. The molecule has 0 fully saturated rings. The first-order chi connectivity index (χ1) is 12.1. The van der Waals surface area contributed by atoms with Crippen molar-refractivity contribution >= 4 is 28.2 Å². The number of methoxy groups -OCH3 is 3. The highest BCUT2D eigenvalue weighted by Gasteiger charge is 2.28. The van der Waals surface area contributed by atoms with E-state index in [2.05, 4.69) is 5.32 Å². The third-order valence-electron chi connectivity index (χ3n) is 4.15. The van der Waals surface area contributed by atoms with Crippen LogP contribution in [0.2, 0.25) is 0 Å². The van der Waals surface area contributed by atoms with Gasteiger partial charge in [0.25, 0.3) is 5.91 Å². The lowest BCUT2D eigenvalue weighted by Gasteiger charge is -2.10. The Morgan fingerprint density at radius 1 is 1.04 bits per heavy atom. The number of nitrogens with one attached hydrogen (secondary N) is 1. The number of thiophene rings is 1. The molecule has 25 heavy (non-hydrogen) atoms. The van der Waals surface area contributed by atoms with E-state index in [-0.39, 0.29) is 5.91 Å². The van der Waals surface area contributed by atoms with Crippen LogP contribution in [-0.4, -0.2) is 33.2 Å². The smallest absolute Gasteiger partial charge is 0.341 e. The number of ether oxygens (including phenoxy) is 3. The van der Waals surface area contributed by atoms with Gasteiger partial charge in [0.05, 0.1) is 26.9 Å². The van der Waals surface area contributed by atoms with Gasteiger partial charge < -0.3 is 19.5 Å². The standard InChI is InChI=1S/C18H19NO5S/c1-22-11-7-10(8-12(9-11)23-2)16(20)19-17-15(18(21)24-3)13-5-4-6-14(13)25-17/h7-9H,4-6H2,1-3H3,(H,19,20). The minimum Gasteiger partial charge on any atom is -0.497 e. The molecule has 0 bridgehead atoms. The maximum atomic E-state index is 12.7. The maximum absolute atomic E-state index is 12.7. The van der Waals surface area contributed by atoms with Gasteiger partial charge >= 0.3 is 5.97 Å². The van der Waals surface area contributed by atoms with Crippen molar-refractivity contribution in [2.75, 3.05) is 26.6 Å². The van der Waals surface area contributed by atoms with Gasteiger partial charge in [0, 0.05) is 16.5 Å². The summed E-state index contributed by atoms with van der Waals surface area (Å²) in [5.74, 6) is 0.290. The van der Waals surface area contributed by atoms with Crippen molar-refractivity contribution in [3.63, 3.8) is 0 Å². The number of hydrogen-bond acceptors (Lipinski definition) is 6. The monoisotopic (exact) mass is 361 g/mol. The third kappa shape index (κ3) is 3.32. The fourth-order valence-electron chi connectivity index (χ4n) is 2.92. The van der Waals surface area contributed by atoms with E-state index in [0.717, 1.165) is 29.7 Å². The normalized spacial score (nSPS) is 12.4. The molecule has 0 saturated carbocycles. The number of carbonyl (C=O) groups is 2. The van der Waals surface area contributed by atoms with Crippen molar-refractivity contribution in [3.05, 3.63) is 39.8 Å². The van der Waals surface area contributed by atoms with E-state index in [9.17, 15) is 9.59 Å². The van der Waals surface area contributed by atoms with E-state index in [1.165, 1.54) is 32.7 Å². The van der Waals surface area contributed by atoms with Crippen molar-refractivity contribution < 1.29 is 23.8 Å². The van der Waals surface area contributed by atoms with Crippen molar-refractivity contribution in [1.82, 2.24) is 0 Å². The fourth-order valence-corrected chi connectivity index (χ4v) is 4.20. The molecule has 0 spiro atoms. The third-order valence-corrected chi connectivity index (χ3v) is 5.36. The average molecular weight is 361 g/mol. The van der Waals surface area contributed by atoms with Crippen LogP contribution >= 0.6 is 11.3 Å². The van der Waals surface area contributed by atoms with Crippen LogP contribution in [0.25, 0.3) is 0 Å². The van der Waals surface area contributed by atoms with Gasteiger partial charge in [0.1, 0.15) is 16.5 Å². The Balaban J connectivity index is 1.93. The van der Waals surface area contributed by atoms with Crippen LogP contribution < -0.4 is 14.8 Å². The minimum atomic E-state index is -0.419. The number of rotatable bonds is 5. The summed E-state index contributed by atoms with van der Waals surface area (Å²) in [6.45, 7) is 0. The predicted octanol–water partition coefficient (Wildman–Crippen LogP) is 3.29. The van der Waals surface area contributed by atoms with Gasteiger partial charge in [0.15, 0.2) is 0 Å². The van der Waals surface area contributed by atoms with Gasteiger partial charge in [-0.15, -0.1) is 11.3 Å². The van der Waals surface area contributed by atoms with E-state index in [4.69, 9.17) is 14.2 Å². The summed E-state index contributed by atoms with van der Waals surface area (Å²) in [4.78, 5) is 26.0. The lowest BCUT2D eigenvalue weighted by molar-refractivity contribution is 0.0601. The van der Waals surface area contributed by atoms with E-state index in [1.807, 2.05) is 0 Å². The van der Waals surface area contributed by atoms with Crippen molar-refractivity contribution in [2.45, 2.75) is 19.3 Å². The number of carbonyl (C=O) groups excluding carboxylic acids is 2. The summed E-state index contributed by atoms with van der Waals surface area (Å²) in [5, 5.41) is 3.37. The predicted molar refractivity (Wildman–Crippen MR) is 95.2 cm³/mol. The van der Waals surface area contributed by atoms with E-state index >= 15 is 0 Å². The molecule has 1 aliphatic rings. The average Bonchev–Trinajstić information content (AvgIpc) is 3.21. The molecule has 0 unspecified atom stereocenters. The summed E-state index contributed by atoms with van der Waals surface area (Å²) in [7, 11) is 4.39. The van der Waals surface area contributed by atoms with Crippen LogP contribution in [0, 0.1) is 0 Å². The van der Waals surface area contributed by atoms with Crippen molar-refractivity contribution in [2.24, 2.45) is 0 Å². The van der Waals surface area contributed by atoms with Crippen molar-refractivity contribution in [1.29, 1.82) is 0 Å². The Morgan fingerprint density at radius 3 is 2.32 bits per heavy atom. The first kappa shape index (κ1) is 17.3. The van der Waals surface area contributed by atoms with Gasteiger partial charge in [-0.25, -0.2) is 4.79 Å². The van der Waals surface area contributed by atoms with Crippen LogP contribution in [0.1, 0.15) is 37.6 Å². The molecule has 0 atom stereocenters. The molecule has 6 nitrogen and oxygen atoms in total. The molecule has 3 rings (SSSR count). The summed E-state index contributed by atoms with van der Waals surface area (Å²) >= 11 is 1.44. The summed E-state index contributed by atoms with van der Waals surface area (Å²) in [6.07, 6.45) is 2.78. The number of benzene rings is 1. The fraction of sp³-hybridized carbons (Fsp3) is 0.333. The maximum Gasteiger partial charge on any atom is 0.341 e. The minimum absolute atomic E-state index is 0.331. The molecule has 1 aliphatic carbocycles. The molecule has 0 saturated heterocycles. The molecule has 0 radical (unpaired) electrons. The Bertz CT molecular complexity index is 805. The van der Waals surface area contributed by atoms with Gasteiger partial charge in [-0.3, -0.25) is 4.79 Å². The molecular weight excluding hydrogens is 342 g/mol. The van der Waals surface area contributed by atoms with Crippen LogP contribution in [0.4, 0.5) is 5.00 Å². The second kappa shape index (κ2) is 7.14. The largest absolute Gasteiger partial charge is 0.497 e. The SMILES string of the molecule is COC(=O)c1c(NC(=O)c2cc(OC)cc(OC)c2)sc2c1CCC2. The van der Waals surface area contributed by atoms with Gasteiger partial charge in [-0.2, -0.15) is 0 Å². The Kier molecular flexibility index (Phi) is 4.94. The van der Waals surface area contributed by atoms with Crippen LogP contribution in [0.3, 0.4) is 0 Å². The molecule has 1 aromatic carbocycles. The zero-order valence-corrected chi connectivity index (χ0v) is 15.1. The number of fused-ring (bicyclic) bond motifs is 1. The molecule has 1 heterocycles. The highest BCUT2D eigenvalue weighted by atomic mass is 32.1. The number of amides is 1. The lowest BCUT2D eigenvalue weighted by Crippen LogP contribution is -2.14.